The molecule has 0 aliphatic rings. The number of carbonyl (C=O) groups is 1. The summed E-state index contributed by atoms with van der Waals surface area (Å²) < 4.78 is 1.57. The van der Waals surface area contributed by atoms with Gasteiger partial charge in [0.05, 0.1) is 11.4 Å². The van der Waals surface area contributed by atoms with E-state index in [9.17, 15) is 4.79 Å². The van der Waals surface area contributed by atoms with E-state index in [1.54, 1.807) is 4.68 Å². The summed E-state index contributed by atoms with van der Waals surface area (Å²) in [5, 5.41) is 4.87. The number of rotatable bonds is 5. The number of benzene rings is 3. The third kappa shape index (κ3) is 3.61. The van der Waals surface area contributed by atoms with E-state index in [0.717, 1.165) is 16.9 Å². The van der Waals surface area contributed by atoms with Gasteiger partial charge in [0, 0.05) is 5.56 Å². The molecule has 4 aromatic rings. The molecule has 0 fully saturated rings. The van der Waals surface area contributed by atoms with Gasteiger partial charge in [-0.15, -0.1) is 0 Å². The van der Waals surface area contributed by atoms with E-state index in [1.165, 1.54) is 0 Å². The number of anilines is 1. The Kier molecular flexibility index (Phi) is 5.08. The summed E-state index contributed by atoms with van der Waals surface area (Å²) in [6, 6.07) is 28.4. The van der Waals surface area contributed by atoms with Crippen molar-refractivity contribution >= 4 is 23.2 Å². The van der Waals surface area contributed by atoms with Gasteiger partial charge in [0.2, 0.25) is 0 Å². The highest BCUT2D eigenvalue weighted by Gasteiger charge is 2.24. The molecular formula is C22H17ClN4O. The third-order valence-electron chi connectivity index (χ3n) is 4.20. The van der Waals surface area contributed by atoms with Crippen molar-refractivity contribution < 1.29 is 4.79 Å². The molecule has 1 amide bonds. The van der Waals surface area contributed by atoms with E-state index < -0.39 is 0 Å². The monoisotopic (exact) mass is 388 g/mol. The Morgan fingerprint density at radius 3 is 2.04 bits per heavy atom. The molecule has 0 atom stereocenters. The summed E-state index contributed by atoms with van der Waals surface area (Å²) in [5.74, 6) is -0.366. The van der Waals surface area contributed by atoms with Gasteiger partial charge in [0.1, 0.15) is 16.4 Å². The molecule has 0 bridgehead atoms. The molecule has 0 saturated heterocycles. The van der Waals surface area contributed by atoms with Crippen LogP contribution < -0.4 is 10.9 Å². The second-order valence-electron chi connectivity index (χ2n) is 6.07. The van der Waals surface area contributed by atoms with E-state index in [1.807, 2.05) is 91.0 Å². The zero-order chi connectivity index (χ0) is 19.3. The molecule has 0 spiro atoms. The predicted octanol–water partition coefficient (Wildman–Crippen LogP) is 4.95. The van der Waals surface area contributed by atoms with Crippen LogP contribution in [0.3, 0.4) is 0 Å². The fourth-order valence-electron chi connectivity index (χ4n) is 2.85. The normalized spacial score (nSPS) is 10.5. The number of hydrazine groups is 1. The number of hydrogen-bond acceptors (Lipinski definition) is 3. The zero-order valence-corrected chi connectivity index (χ0v) is 15.6. The summed E-state index contributed by atoms with van der Waals surface area (Å²) in [6.45, 7) is 0. The largest absolute Gasteiger partial charge is 0.298 e. The van der Waals surface area contributed by atoms with Gasteiger partial charge in [-0.3, -0.25) is 15.6 Å². The average molecular weight is 389 g/mol. The molecule has 0 saturated carbocycles. The molecule has 0 aliphatic carbocycles. The maximum Gasteiger partial charge on any atom is 0.275 e. The average Bonchev–Trinajstić information content (AvgIpc) is 3.11. The SMILES string of the molecule is O=C(NNc1ccccc1)c1c(-c2ccccc2)nn(-c2ccccc2)c1Cl. The molecule has 6 heteroatoms. The van der Waals surface area contributed by atoms with Gasteiger partial charge in [0.15, 0.2) is 0 Å². The van der Waals surface area contributed by atoms with Crippen LogP contribution in [0, 0.1) is 0 Å². The Labute approximate surface area is 167 Å². The summed E-state index contributed by atoms with van der Waals surface area (Å²) in [7, 11) is 0. The molecule has 0 unspecified atom stereocenters. The fraction of sp³-hybridized carbons (Fsp3) is 0. The highest BCUT2D eigenvalue weighted by atomic mass is 35.5. The predicted molar refractivity (Wildman–Crippen MR) is 112 cm³/mol. The number of para-hydroxylation sites is 2. The van der Waals surface area contributed by atoms with E-state index in [2.05, 4.69) is 16.0 Å². The molecule has 2 N–H and O–H groups in total. The fourth-order valence-corrected chi connectivity index (χ4v) is 3.16. The third-order valence-corrected chi connectivity index (χ3v) is 4.55. The minimum absolute atomic E-state index is 0.248. The summed E-state index contributed by atoms with van der Waals surface area (Å²) in [6.07, 6.45) is 0. The van der Waals surface area contributed by atoms with Crippen molar-refractivity contribution in [3.8, 4) is 16.9 Å². The lowest BCUT2D eigenvalue weighted by Gasteiger charge is -2.09. The van der Waals surface area contributed by atoms with Crippen LogP contribution in [-0.4, -0.2) is 15.7 Å². The lowest BCUT2D eigenvalue weighted by atomic mass is 10.1. The summed E-state index contributed by atoms with van der Waals surface area (Å²) in [5.41, 5.74) is 8.78. The van der Waals surface area contributed by atoms with Crippen molar-refractivity contribution in [1.82, 2.24) is 15.2 Å². The lowest BCUT2D eigenvalue weighted by molar-refractivity contribution is 0.0963. The first-order chi connectivity index (χ1) is 13.7. The summed E-state index contributed by atoms with van der Waals surface area (Å²) >= 11 is 6.60. The highest BCUT2D eigenvalue weighted by Crippen LogP contribution is 2.30. The van der Waals surface area contributed by atoms with Crippen LogP contribution in [-0.2, 0) is 0 Å². The molecule has 3 aromatic carbocycles. The number of halogens is 1. The van der Waals surface area contributed by atoms with Gasteiger partial charge >= 0.3 is 0 Å². The molecule has 4 rings (SSSR count). The molecule has 5 nitrogen and oxygen atoms in total. The Morgan fingerprint density at radius 2 is 1.39 bits per heavy atom. The first-order valence-corrected chi connectivity index (χ1v) is 9.12. The molecule has 1 aromatic heterocycles. The van der Waals surface area contributed by atoms with Gasteiger partial charge in [-0.2, -0.15) is 5.10 Å². The standard InChI is InChI=1S/C22H17ClN4O/c23-21-19(22(28)25-24-17-12-6-2-7-13-17)20(16-10-4-1-5-11-16)26-27(21)18-14-8-3-9-15-18/h1-15,24H,(H,25,28). The van der Waals surface area contributed by atoms with Crippen molar-refractivity contribution in [3.63, 3.8) is 0 Å². The minimum atomic E-state index is -0.366. The molecule has 138 valence electrons. The second kappa shape index (κ2) is 7.98. The Balaban J connectivity index is 1.74. The molecule has 0 aliphatic heterocycles. The number of amides is 1. The van der Waals surface area contributed by atoms with Gasteiger partial charge in [-0.05, 0) is 24.3 Å². The first kappa shape index (κ1) is 17.8. The van der Waals surface area contributed by atoms with Crippen LogP contribution in [0.1, 0.15) is 10.4 Å². The smallest absolute Gasteiger partial charge is 0.275 e. The number of hydrogen-bond donors (Lipinski definition) is 2. The topological polar surface area (TPSA) is 59.0 Å². The Hall–Kier alpha value is -3.57. The van der Waals surface area contributed by atoms with Crippen LogP contribution >= 0.6 is 11.6 Å². The van der Waals surface area contributed by atoms with Crippen molar-refractivity contribution in [2.24, 2.45) is 0 Å². The molecule has 1 heterocycles. The van der Waals surface area contributed by atoms with Crippen molar-refractivity contribution in [1.29, 1.82) is 0 Å². The molecular weight excluding hydrogens is 372 g/mol. The Morgan fingerprint density at radius 1 is 0.821 bits per heavy atom. The van der Waals surface area contributed by atoms with Crippen molar-refractivity contribution in [2.45, 2.75) is 0 Å². The van der Waals surface area contributed by atoms with Crippen LogP contribution in [0.4, 0.5) is 5.69 Å². The van der Waals surface area contributed by atoms with Gasteiger partial charge in [-0.1, -0.05) is 78.3 Å². The number of carbonyl (C=O) groups excluding carboxylic acids is 1. The van der Waals surface area contributed by atoms with Gasteiger partial charge < -0.3 is 0 Å². The van der Waals surface area contributed by atoms with Gasteiger partial charge in [-0.25, -0.2) is 4.68 Å². The quantitative estimate of drug-likeness (QED) is 0.475. The number of nitrogens with zero attached hydrogens (tertiary/aromatic N) is 2. The molecule has 28 heavy (non-hydrogen) atoms. The molecule has 0 radical (unpaired) electrons. The number of nitrogens with one attached hydrogen (secondary N) is 2. The van der Waals surface area contributed by atoms with Crippen molar-refractivity contribution in [2.75, 3.05) is 5.43 Å². The Bertz CT molecular complexity index is 1080. The maximum atomic E-state index is 13.0. The second-order valence-corrected chi connectivity index (χ2v) is 6.43. The van der Waals surface area contributed by atoms with E-state index in [0.29, 0.717) is 11.3 Å². The minimum Gasteiger partial charge on any atom is -0.298 e. The first-order valence-electron chi connectivity index (χ1n) is 8.75. The van der Waals surface area contributed by atoms with Crippen LogP contribution in [0.2, 0.25) is 5.15 Å². The maximum absolute atomic E-state index is 13.0. The van der Waals surface area contributed by atoms with Gasteiger partial charge in [0.25, 0.3) is 5.91 Å². The van der Waals surface area contributed by atoms with E-state index in [-0.39, 0.29) is 11.1 Å². The van der Waals surface area contributed by atoms with Crippen LogP contribution in [0.15, 0.2) is 91.0 Å². The van der Waals surface area contributed by atoms with Crippen LogP contribution in [0.5, 0.6) is 0 Å². The summed E-state index contributed by atoms with van der Waals surface area (Å²) in [4.78, 5) is 13.0. The highest BCUT2D eigenvalue weighted by molar-refractivity contribution is 6.34. The van der Waals surface area contributed by atoms with E-state index in [4.69, 9.17) is 11.6 Å². The van der Waals surface area contributed by atoms with E-state index >= 15 is 0 Å². The number of aromatic nitrogens is 2. The van der Waals surface area contributed by atoms with Crippen molar-refractivity contribution in [3.05, 3.63) is 102 Å². The zero-order valence-electron chi connectivity index (χ0n) is 14.8. The lowest BCUT2D eigenvalue weighted by Crippen LogP contribution is -2.29. The van der Waals surface area contributed by atoms with Crippen LogP contribution in [0.25, 0.3) is 16.9 Å².